The van der Waals surface area contributed by atoms with E-state index >= 15 is 0 Å². The molecule has 0 unspecified atom stereocenters. The van der Waals surface area contributed by atoms with Gasteiger partial charge in [-0.3, -0.25) is 9.88 Å². The number of carbonyl (C=O) groups excluding carboxylic acids is 2. The van der Waals surface area contributed by atoms with E-state index in [9.17, 15) is 9.59 Å². The van der Waals surface area contributed by atoms with Crippen LogP contribution in [0.2, 0.25) is 0 Å². The number of anilines is 2. The molecule has 0 spiro atoms. The van der Waals surface area contributed by atoms with Crippen molar-refractivity contribution in [3.8, 4) is 0 Å². The number of nitrogens with one attached hydrogen (secondary N) is 2. The summed E-state index contributed by atoms with van der Waals surface area (Å²) < 4.78 is 4.94. The van der Waals surface area contributed by atoms with Crippen LogP contribution in [0.1, 0.15) is 12.6 Å². The van der Waals surface area contributed by atoms with Gasteiger partial charge in [0, 0.05) is 43.3 Å². The Bertz CT molecular complexity index is 689. The highest BCUT2D eigenvalue weighted by atomic mass is 16.6. The van der Waals surface area contributed by atoms with Crippen molar-refractivity contribution in [1.82, 2.24) is 10.3 Å². The molecule has 1 aromatic heterocycles. The number of carbonyl (C=O) groups is 2. The number of benzene rings is 1. The van der Waals surface area contributed by atoms with Crippen LogP contribution >= 0.6 is 0 Å². The number of urea groups is 1. The molecule has 132 valence electrons. The molecule has 1 aromatic carbocycles. The van der Waals surface area contributed by atoms with Crippen molar-refractivity contribution >= 4 is 23.5 Å². The van der Waals surface area contributed by atoms with E-state index in [0.29, 0.717) is 30.9 Å². The smallest absolute Gasteiger partial charge is 0.413 e. The van der Waals surface area contributed by atoms with Crippen molar-refractivity contribution < 1.29 is 14.3 Å². The van der Waals surface area contributed by atoms with Gasteiger partial charge in [-0.25, -0.2) is 9.59 Å². The molecule has 0 atom stereocenters. The summed E-state index contributed by atoms with van der Waals surface area (Å²) in [6.07, 6.45) is 1.97. The topological polar surface area (TPSA) is 83.6 Å². The van der Waals surface area contributed by atoms with E-state index < -0.39 is 6.09 Å². The van der Waals surface area contributed by atoms with Gasteiger partial charge in [-0.15, -0.1) is 0 Å². The Morgan fingerprint density at radius 1 is 1.16 bits per heavy atom. The highest BCUT2D eigenvalue weighted by molar-refractivity contribution is 5.90. The molecular formula is C18H22N4O3. The Balaban J connectivity index is 1.80. The third kappa shape index (κ3) is 5.80. The summed E-state index contributed by atoms with van der Waals surface area (Å²) in [6, 6.07) is 12.3. The maximum absolute atomic E-state index is 11.9. The standard InChI is InChI=1S/C18H22N4O3/c1-3-25-18(24)22(2)16-9-7-15(8-10-16)21-17(23)20-13-11-14-6-4-5-12-19-14/h4-10,12H,3,11,13H2,1-2H3,(H2,20,21,23). The van der Waals surface area contributed by atoms with E-state index in [1.54, 1.807) is 44.4 Å². The van der Waals surface area contributed by atoms with E-state index in [0.717, 1.165) is 5.69 Å². The third-order valence-corrected chi connectivity index (χ3v) is 3.45. The zero-order chi connectivity index (χ0) is 18.1. The summed E-state index contributed by atoms with van der Waals surface area (Å²) in [7, 11) is 1.63. The molecule has 0 fully saturated rings. The summed E-state index contributed by atoms with van der Waals surface area (Å²) in [5.74, 6) is 0. The Morgan fingerprint density at radius 3 is 2.56 bits per heavy atom. The molecule has 3 amide bonds. The Morgan fingerprint density at radius 2 is 1.92 bits per heavy atom. The quantitative estimate of drug-likeness (QED) is 0.845. The van der Waals surface area contributed by atoms with Crippen molar-refractivity contribution in [2.45, 2.75) is 13.3 Å². The number of rotatable bonds is 6. The van der Waals surface area contributed by atoms with Crippen molar-refractivity contribution in [3.05, 3.63) is 54.4 Å². The van der Waals surface area contributed by atoms with Crippen molar-refractivity contribution in [1.29, 1.82) is 0 Å². The van der Waals surface area contributed by atoms with Crippen LogP contribution in [0.15, 0.2) is 48.7 Å². The highest BCUT2D eigenvalue weighted by Gasteiger charge is 2.11. The summed E-state index contributed by atoms with van der Waals surface area (Å²) in [4.78, 5) is 29.1. The predicted molar refractivity (Wildman–Crippen MR) is 96.8 cm³/mol. The zero-order valence-corrected chi connectivity index (χ0v) is 14.4. The molecule has 0 aliphatic heterocycles. The van der Waals surface area contributed by atoms with Gasteiger partial charge < -0.3 is 15.4 Å². The first kappa shape index (κ1) is 18.3. The monoisotopic (exact) mass is 342 g/mol. The van der Waals surface area contributed by atoms with Gasteiger partial charge in [-0.1, -0.05) is 6.07 Å². The summed E-state index contributed by atoms with van der Waals surface area (Å²) in [5, 5.41) is 5.52. The van der Waals surface area contributed by atoms with Crippen LogP contribution in [0.4, 0.5) is 21.0 Å². The molecule has 2 rings (SSSR count). The maximum Gasteiger partial charge on any atom is 0.413 e. The van der Waals surface area contributed by atoms with Crippen LogP contribution in [0, 0.1) is 0 Å². The molecule has 0 saturated heterocycles. The second-order valence-electron chi connectivity index (χ2n) is 5.26. The lowest BCUT2D eigenvalue weighted by atomic mass is 10.2. The Kier molecular flexibility index (Phi) is 6.76. The van der Waals surface area contributed by atoms with Crippen molar-refractivity contribution in [2.75, 3.05) is 30.4 Å². The molecule has 7 nitrogen and oxygen atoms in total. The molecule has 0 aliphatic carbocycles. The molecular weight excluding hydrogens is 320 g/mol. The number of pyridine rings is 1. The van der Waals surface area contributed by atoms with Gasteiger partial charge in [0.15, 0.2) is 0 Å². The van der Waals surface area contributed by atoms with Crippen molar-refractivity contribution in [3.63, 3.8) is 0 Å². The molecule has 2 N–H and O–H groups in total. The molecule has 1 heterocycles. The lowest BCUT2D eigenvalue weighted by Crippen LogP contribution is -2.30. The number of hydrogen-bond acceptors (Lipinski definition) is 4. The molecule has 7 heteroatoms. The zero-order valence-electron chi connectivity index (χ0n) is 14.4. The van der Waals surface area contributed by atoms with Crippen LogP contribution < -0.4 is 15.5 Å². The average Bonchev–Trinajstić information content (AvgIpc) is 2.63. The number of amides is 3. The molecule has 0 bridgehead atoms. The van der Waals surface area contributed by atoms with Gasteiger partial charge in [0.25, 0.3) is 0 Å². The number of aromatic nitrogens is 1. The number of nitrogens with zero attached hydrogens (tertiary/aromatic N) is 2. The first-order valence-corrected chi connectivity index (χ1v) is 8.05. The van der Waals surface area contributed by atoms with Crippen LogP contribution in [-0.4, -0.2) is 37.3 Å². The van der Waals surface area contributed by atoms with Gasteiger partial charge in [0.05, 0.1) is 6.61 Å². The van der Waals surface area contributed by atoms with Crippen LogP contribution in [0.25, 0.3) is 0 Å². The minimum atomic E-state index is -0.421. The average molecular weight is 342 g/mol. The minimum Gasteiger partial charge on any atom is -0.449 e. The van der Waals surface area contributed by atoms with Crippen LogP contribution in [0.3, 0.4) is 0 Å². The molecule has 2 aromatic rings. The molecule has 0 aliphatic rings. The van der Waals surface area contributed by atoms with Gasteiger partial charge >= 0.3 is 12.1 Å². The Labute approximate surface area is 147 Å². The SMILES string of the molecule is CCOC(=O)N(C)c1ccc(NC(=O)NCCc2ccccn2)cc1. The number of ether oxygens (including phenoxy) is 1. The van der Waals surface area contributed by atoms with Crippen LogP contribution in [-0.2, 0) is 11.2 Å². The fourth-order valence-electron chi connectivity index (χ4n) is 2.12. The fraction of sp³-hybridized carbons (Fsp3) is 0.278. The second-order valence-corrected chi connectivity index (χ2v) is 5.26. The molecule has 25 heavy (non-hydrogen) atoms. The van der Waals surface area contributed by atoms with Crippen LogP contribution in [0.5, 0.6) is 0 Å². The fourth-order valence-corrected chi connectivity index (χ4v) is 2.12. The first-order valence-electron chi connectivity index (χ1n) is 8.05. The predicted octanol–water partition coefficient (Wildman–Crippen LogP) is 3.04. The van der Waals surface area contributed by atoms with Gasteiger partial charge in [0.1, 0.15) is 0 Å². The normalized spacial score (nSPS) is 10.0. The summed E-state index contributed by atoms with van der Waals surface area (Å²) in [6.45, 7) is 2.57. The Hall–Kier alpha value is -3.09. The van der Waals surface area contributed by atoms with E-state index in [-0.39, 0.29) is 6.03 Å². The van der Waals surface area contributed by atoms with E-state index in [2.05, 4.69) is 15.6 Å². The second kappa shape index (κ2) is 9.27. The minimum absolute atomic E-state index is 0.289. The highest BCUT2D eigenvalue weighted by Crippen LogP contribution is 2.17. The third-order valence-electron chi connectivity index (χ3n) is 3.45. The molecule has 0 radical (unpaired) electrons. The lowest BCUT2D eigenvalue weighted by Gasteiger charge is -2.17. The van der Waals surface area contributed by atoms with E-state index in [1.807, 2.05) is 18.2 Å². The van der Waals surface area contributed by atoms with Gasteiger partial charge in [0.2, 0.25) is 0 Å². The summed E-state index contributed by atoms with van der Waals surface area (Å²) in [5.41, 5.74) is 2.24. The van der Waals surface area contributed by atoms with E-state index in [4.69, 9.17) is 4.74 Å². The molecule has 0 saturated carbocycles. The number of hydrogen-bond donors (Lipinski definition) is 2. The van der Waals surface area contributed by atoms with Gasteiger partial charge in [-0.05, 0) is 43.3 Å². The van der Waals surface area contributed by atoms with Gasteiger partial charge in [-0.2, -0.15) is 0 Å². The largest absolute Gasteiger partial charge is 0.449 e. The lowest BCUT2D eigenvalue weighted by molar-refractivity contribution is 0.161. The summed E-state index contributed by atoms with van der Waals surface area (Å²) >= 11 is 0. The first-order chi connectivity index (χ1) is 12.1. The van der Waals surface area contributed by atoms with E-state index in [1.165, 1.54) is 4.90 Å². The van der Waals surface area contributed by atoms with Crippen molar-refractivity contribution in [2.24, 2.45) is 0 Å². The maximum atomic E-state index is 11.9.